The van der Waals surface area contributed by atoms with Crippen molar-refractivity contribution in [3.8, 4) is 0 Å². The Labute approximate surface area is 198 Å². The first kappa shape index (κ1) is 23.2. The zero-order chi connectivity index (χ0) is 23.1. The lowest BCUT2D eigenvalue weighted by molar-refractivity contribution is -0.136. The van der Waals surface area contributed by atoms with Crippen LogP contribution in [0.3, 0.4) is 0 Å². The van der Waals surface area contributed by atoms with Crippen molar-refractivity contribution in [2.45, 2.75) is 37.5 Å². The van der Waals surface area contributed by atoms with Gasteiger partial charge >= 0.3 is 0 Å². The summed E-state index contributed by atoms with van der Waals surface area (Å²) in [5, 5.41) is 5.21. The molecule has 0 spiro atoms. The second kappa shape index (κ2) is 10.8. The van der Waals surface area contributed by atoms with Crippen LogP contribution >= 0.6 is 11.3 Å². The molecule has 1 saturated heterocycles. The van der Waals surface area contributed by atoms with Gasteiger partial charge < -0.3 is 10.2 Å². The number of carbonyl (C=O) groups is 2. The molecule has 0 unspecified atom stereocenters. The van der Waals surface area contributed by atoms with E-state index in [9.17, 15) is 14.0 Å². The molecule has 0 aliphatic carbocycles. The topological polar surface area (TPSA) is 49.4 Å². The first-order valence-electron chi connectivity index (χ1n) is 11.5. The molecule has 0 saturated carbocycles. The molecule has 0 bridgehead atoms. The van der Waals surface area contributed by atoms with Gasteiger partial charge in [-0.15, -0.1) is 11.3 Å². The van der Waals surface area contributed by atoms with Gasteiger partial charge in [0.1, 0.15) is 5.82 Å². The van der Waals surface area contributed by atoms with Crippen LogP contribution in [0.4, 0.5) is 4.39 Å². The summed E-state index contributed by atoms with van der Waals surface area (Å²) in [5.41, 5.74) is 1.34. The van der Waals surface area contributed by atoms with Crippen LogP contribution in [-0.2, 0) is 27.8 Å². The highest BCUT2D eigenvalue weighted by Crippen LogP contribution is 2.36. The number of benzene rings is 2. The number of halogens is 1. The fourth-order valence-corrected chi connectivity index (χ4v) is 5.23. The molecule has 3 aromatic rings. The van der Waals surface area contributed by atoms with Crippen LogP contribution < -0.4 is 5.32 Å². The van der Waals surface area contributed by atoms with Crippen LogP contribution in [0.5, 0.6) is 0 Å². The number of carbonyl (C=O) groups excluding carboxylic acids is 2. The predicted octanol–water partition coefficient (Wildman–Crippen LogP) is 4.74. The molecule has 33 heavy (non-hydrogen) atoms. The van der Waals surface area contributed by atoms with Crippen LogP contribution in [0.1, 0.15) is 35.3 Å². The number of hydrogen-bond donors (Lipinski definition) is 1. The Bertz CT molecular complexity index is 1040. The highest BCUT2D eigenvalue weighted by Gasteiger charge is 2.43. The Kier molecular flexibility index (Phi) is 7.55. The molecule has 172 valence electrons. The van der Waals surface area contributed by atoms with E-state index in [0.717, 1.165) is 17.5 Å². The first-order chi connectivity index (χ1) is 16.1. The summed E-state index contributed by atoms with van der Waals surface area (Å²) in [5.74, 6) is -0.144. The average molecular weight is 465 g/mol. The second-order valence-corrected chi connectivity index (χ2v) is 9.57. The number of amides is 2. The molecule has 1 N–H and O–H groups in total. The molecule has 2 heterocycles. The molecule has 0 radical (unpaired) electrons. The summed E-state index contributed by atoms with van der Waals surface area (Å²) in [7, 11) is 0. The van der Waals surface area contributed by atoms with Gasteiger partial charge in [-0.1, -0.05) is 48.5 Å². The maximum Gasteiger partial charge on any atom is 0.230 e. The smallest absolute Gasteiger partial charge is 0.230 e. The lowest BCUT2D eigenvalue weighted by Crippen LogP contribution is -2.53. The van der Waals surface area contributed by atoms with Crippen molar-refractivity contribution in [1.82, 2.24) is 10.2 Å². The zero-order valence-corrected chi connectivity index (χ0v) is 19.5. The van der Waals surface area contributed by atoms with Crippen molar-refractivity contribution in [2.24, 2.45) is 0 Å². The number of nitrogens with zero attached hydrogens (tertiary/aromatic N) is 1. The van der Waals surface area contributed by atoms with Gasteiger partial charge in [-0.3, -0.25) is 9.59 Å². The summed E-state index contributed by atoms with van der Waals surface area (Å²) < 4.78 is 13.1. The minimum atomic E-state index is -0.621. The van der Waals surface area contributed by atoms with Gasteiger partial charge in [0.05, 0.1) is 5.41 Å². The SMILES string of the molecule is O=C(CCc1ccc(F)cc1)N1CCC(C(=O)NCCc2cccs2)(c2ccccc2)CC1. The van der Waals surface area contributed by atoms with Crippen molar-refractivity contribution < 1.29 is 14.0 Å². The van der Waals surface area contributed by atoms with Gasteiger partial charge in [0.15, 0.2) is 0 Å². The standard InChI is InChI=1S/C27H29FN2O2S/c28-23-11-8-21(9-12-23)10-13-25(31)30-18-15-27(16-19-30,22-5-2-1-3-6-22)26(32)29-17-14-24-7-4-20-33-24/h1-9,11-12,20H,10,13-19H2,(H,29,32). The van der Waals surface area contributed by atoms with E-state index in [-0.39, 0.29) is 17.6 Å². The van der Waals surface area contributed by atoms with Gasteiger partial charge in [-0.25, -0.2) is 4.39 Å². The molecule has 2 amide bonds. The van der Waals surface area contributed by atoms with Gasteiger partial charge in [0.25, 0.3) is 0 Å². The van der Waals surface area contributed by atoms with Crippen molar-refractivity contribution in [3.05, 3.63) is 93.9 Å². The third-order valence-corrected chi connectivity index (χ3v) is 7.44. The molecular weight excluding hydrogens is 435 g/mol. The third kappa shape index (κ3) is 5.69. The molecule has 4 nitrogen and oxygen atoms in total. The number of hydrogen-bond acceptors (Lipinski definition) is 3. The molecule has 2 aromatic carbocycles. The fourth-order valence-electron chi connectivity index (χ4n) is 4.53. The van der Waals surface area contributed by atoms with Gasteiger partial charge in [0.2, 0.25) is 11.8 Å². The molecule has 1 aromatic heterocycles. The second-order valence-electron chi connectivity index (χ2n) is 8.54. The van der Waals surface area contributed by atoms with Gasteiger partial charge in [-0.2, -0.15) is 0 Å². The van der Waals surface area contributed by atoms with Crippen LogP contribution in [0.25, 0.3) is 0 Å². The van der Waals surface area contributed by atoms with E-state index < -0.39 is 5.41 Å². The van der Waals surface area contributed by atoms with E-state index in [1.165, 1.54) is 17.0 Å². The zero-order valence-electron chi connectivity index (χ0n) is 18.6. The fraction of sp³-hybridized carbons (Fsp3) is 0.333. The van der Waals surface area contributed by atoms with E-state index in [4.69, 9.17) is 0 Å². The van der Waals surface area contributed by atoms with Crippen LogP contribution in [0.15, 0.2) is 72.1 Å². The van der Waals surface area contributed by atoms with E-state index >= 15 is 0 Å². The van der Waals surface area contributed by atoms with E-state index in [0.29, 0.717) is 45.3 Å². The molecular formula is C27H29FN2O2S. The first-order valence-corrected chi connectivity index (χ1v) is 12.3. The Hall–Kier alpha value is -2.99. The van der Waals surface area contributed by atoms with Crippen molar-refractivity contribution in [2.75, 3.05) is 19.6 Å². The summed E-state index contributed by atoms with van der Waals surface area (Å²) >= 11 is 1.70. The Balaban J connectivity index is 1.37. The summed E-state index contributed by atoms with van der Waals surface area (Å²) in [4.78, 5) is 29.4. The molecule has 6 heteroatoms. The minimum Gasteiger partial charge on any atom is -0.355 e. The van der Waals surface area contributed by atoms with Crippen molar-refractivity contribution >= 4 is 23.2 Å². The van der Waals surface area contributed by atoms with E-state index in [1.807, 2.05) is 46.7 Å². The highest BCUT2D eigenvalue weighted by atomic mass is 32.1. The Morgan fingerprint density at radius 2 is 1.67 bits per heavy atom. The Morgan fingerprint density at radius 3 is 2.33 bits per heavy atom. The number of aryl methyl sites for hydroxylation is 1. The molecule has 0 atom stereocenters. The number of thiophene rings is 1. The largest absolute Gasteiger partial charge is 0.355 e. The number of nitrogens with one attached hydrogen (secondary N) is 1. The van der Waals surface area contributed by atoms with Crippen LogP contribution in [0, 0.1) is 5.82 Å². The predicted molar refractivity (Wildman–Crippen MR) is 130 cm³/mol. The maximum absolute atomic E-state index is 13.4. The maximum atomic E-state index is 13.4. The number of piperidine rings is 1. The molecule has 1 aliphatic heterocycles. The molecule has 1 fully saturated rings. The lowest BCUT2D eigenvalue weighted by Gasteiger charge is -2.41. The minimum absolute atomic E-state index is 0.0451. The summed E-state index contributed by atoms with van der Waals surface area (Å²) in [6.07, 6.45) is 3.00. The number of rotatable bonds is 8. The Morgan fingerprint density at radius 1 is 0.939 bits per heavy atom. The monoisotopic (exact) mass is 464 g/mol. The van der Waals surface area contributed by atoms with E-state index in [1.54, 1.807) is 23.5 Å². The van der Waals surface area contributed by atoms with Gasteiger partial charge in [0, 0.05) is 30.9 Å². The normalized spacial score (nSPS) is 15.2. The van der Waals surface area contributed by atoms with Crippen molar-refractivity contribution in [1.29, 1.82) is 0 Å². The molecule has 1 aliphatic rings. The molecule has 4 rings (SSSR count). The number of likely N-dealkylation sites (tertiary alicyclic amines) is 1. The third-order valence-electron chi connectivity index (χ3n) is 6.51. The summed E-state index contributed by atoms with van der Waals surface area (Å²) in [6, 6.07) is 20.3. The van der Waals surface area contributed by atoms with E-state index in [2.05, 4.69) is 11.4 Å². The average Bonchev–Trinajstić information content (AvgIpc) is 3.37. The lowest BCUT2D eigenvalue weighted by atomic mass is 9.72. The summed E-state index contributed by atoms with van der Waals surface area (Å²) in [6.45, 7) is 1.71. The van der Waals surface area contributed by atoms with Crippen LogP contribution in [0.2, 0.25) is 0 Å². The quantitative estimate of drug-likeness (QED) is 0.524. The van der Waals surface area contributed by atoms with Crippen molar-refractivity contribution in [3.63, 3.8) is 0 Å². The van der Waals surface area contributed by atoms with Gasteiger partial charge in [-0.05, 0) is 60.4 Å². The van der Waals surface area contributed by atoms with Crippen LogP contribution in [-0.4, -0.2) is 36.3 Å². The highest BCUT2D eigenvalue weighted by molar-refractivity contribution is 7.09.